The van der Waals surface area contributed by atoms with Crippen molar-refractivity contribution in [3.8, 4) is 0 Å². The molecule has 0 aliphatic rings. The largest absolute Gasteiger partial charge is 0.467 e. The number of oxime groups is 1. The Morgan fingerprint density at radius 2 is 2.15 bits per heavy atom. The number of carbonyl (C=O) groups excluding carboxylic acids is 1. The standard InChI is InChI=1S/C14H13ClN2O3/c15-12-5-3-11(4-6-12)8-17-20-10-14(18)16-9-13-2-1-7-19-13/h1-8H,9-10H2,(H,16,18)/b17-8-. The molecule has 0 saturated heterocycles. The van der Waals surface area contributed by atoms with E-state index in [9.17, 15) is 4.79 Å². The van der Waals surface area contributed by atoms with Gasteiger partial charge in [0.2, 0.25) is 0 Å². The molecule has 0 aliphatic carbocycles. The third-order valence-corrected chi connectivity index (χ3v) is 2.63. The number of amides is 1. The highest BCUT2D eigenvalue weighted by atomic mass is 35.5. The number of hydrogen-bond acceptors (Lipinski definition) is 4. The summed E-state index contributed by atoms with van der Waals surface area (Å²) in [6.07, 6.45) is 3.06. The van der Waals surface area contributed by atoms with Crippen molar-refractivity contribution >= 4 is 23.7 Å². The zero-order valence-corrected chi connectivity index (χ0v) is 11.3. The second-order valence-corrected chi connectivity index (χ2v) is 4.35. The van der Waals surface area contributed by atoms with E-state index in [2.05, 4.69) is 10.5 Å². The second-order valence-electron chi connectivity index (χ2n) is 3.92. The highest BCUT2D eigenvalue weighted by Gasteiger charge is 2.02. The normalized spacial score (nSPS) is 10.7. The van der Waals surface area contributed by atoms with Crippen molar-refractivity contribution in [2.45, 2.75) is 6.54 Å². The fourth-order valence-corrected chi connectivity index (χ4v) is 1.52. The lowest BCUT2D eigenvalue weighted by molar-refractivity contribution is -0.125. The van der Waals surface area contributed by atoms with Crippen LogP contribution in [0.2, 0.25) is 5.02 Å². The van der Waals surface area contributed by atoms with Gasteiger partial charge in [-0.3, -0.25) is 4.79 Å². The maximum absolute atomic E-state index is 11.4. The first-order chi connectivity index (χ1) is 9.74. The molecule has 1 N–H and O–H groups in total. The molecule has 0 unspecified atom stereocenters. The zero-order chi connectivity index (χ0) is 14.2. The molecule has 1 aromatic carbocycles. The van der Waals surface area contributed by atoms with Gasteiger partial charge in [0.15, 0.2) is 6.61 Å². The van der Waals surface area contributed by atoms with Gasteiger partial charge in [-0.25, -0.2) is 0 Å². The van der Waals surface area contributed by atoms with Gasteiger partial charge < -0.3 is 14.6 Å². The van der Waals surface area contributed by atoms with E-state index >= 15 is 0 Å². The average molecular weight is 293 g/mol. The molecule has 0 radical (unpaired) electrons. The van der Waals surface area contributed by atoms with E-state index < -0.39 is 0 Å². The summed E-state index contributed by atoms with van der Waals surface area (Å²) in [5.41, 5.74) is 0.838. The molecular formula is C14H13ClN2O3. The summed E-state index contributed by atoms with van der Waals surface area (Å²) in [4.78, 5) is 16.3. The lowest BCUT2D eigenvalue weighted by atomic mass is 10.2. The first-order valence-corrected chi connectivity index (χ1v) is 6.32. The van der Waals surface area contributed by atoms with Gasteiger partial charge in [-0.05, 0) is 29.8 Å². The molecule has 0 bridgehead atoms. The van der Waals surface area contributed by atoms with Gasteiger partial charge in [-0.1, -0.05) is 28.9 Å². The van der Waals surface area contributed by atoms with E-state index in [0.717, 1.165) is 5.56 Å². The molecule has 6 heteroatoms. The average Bonchev–Trinajstić information content (AvgIpc) is 2.96. The highest BCUT2D eigenvalue weighted by Crippen LogP contribution is 2.07. The lowest BCUT2D eigenvalue weighted by Crippen LogP contribution is -2.26. The molecule has 104 valence electrons. The van der Waals surface area contributed by atoms with Crippen LogP contribution in [-0.4, -0.2) is 18.7 Å². The summed E-state index contributed by atoms with van der Waals surface area (Å²) >= 11 is 5.76. The maximum Gasteiger partial charge on any atom is 0.261 e. The fraction of sp³-hybridized carbons (Fsp3) is 0.143. The minimum Gasteiger partial charge on any atom is -0.467 e. The van der Waals surface area contributed by atoms with Crippen molar-refractivity contribution in [2.24, 2.45) is 5.16 Å². The number of halogens is 1. The van der Waals surface area contributed by atoms with Crippen molar-refractivity contribution in [1.29, 1.82) is 0 Å². The van der Waals surface area contributed by atoms with Crippen LogP contribution in [0.25, 0.3) is 0 Å². The molecule has 5 nitrogen and oxygen atoms in total. The number of furan rings is 1. The smallest absolute Gasteiger partial charge is 0.261 e. The van der Waals surface area contributed by atoms with Gasteiger partial charge in [0.25, 0.3) is 5.91 Å². The van der Waals surface area contributed by atoms with Crippen LogP contribution in [0, 0.1) is 0 Å². The summed E-state index contributed by atoms with van der Waals surface area (Å²) in [5, 5.41) is 7.00. The van der Waals surface area contributed by atoms with E-state index in [1.54, 1.807) is 42.7 Å². The Morgan fingerprint density at radius 3 is 2.85 bits per heavy atom. The Balaban J connectivity index is 1.67. The third kappa shape index (κ3) is 4.78. The number of nitrogens with zero attached hydrogens (tertiary/aromatic N) is 1. The van der Waals surface area contributed by atoms with Crippen LogP contribution in [0.4, 0.5) is 0 Å². The van der Waals surface area contributed by atoms with Gasteiger partial charge in [-0.15, -0.1) is 0 Å². The second kappa shape index (κ2) is 7.35. The fourth-order valence-electron chi connectivity index (χ4n) is 1.39. The van der Waals surface area contributed by atoms with Crippen LogP contribution in [0.3, 0.4) is 0 Å². The quantitative estimate of drug-likeness (QED) is 0.657. The number of benzene rings is 1. The Bertz CT molecular complexity index is 565. The number of hydrogen-bond donors (Lipinski definition) is 1. The summed E-state index contributed by atoms with van der Waals surface area (Å²) in [6, 6.07) is 10.6. The van der Waals surface area contributed by atoms with Crippen LogP contribution < -0.4 is 5.32 Å². The van der Waals surface area contributed by atoms with Crippen molar-refractivity contribution in [1.82, 2.24) is 5.32 Å². The van der Waals surface area contributed by atoms with Crippen molar-refractivity contribution in [3.05, 3.63) is 59.0 Å². The molecule has 2 rings (SSSR count). The molecule has 0 fully saturated rings. The monoisotopic (exact) mass is 292 g/mol. The Morgan fingerprint density at radius 1 is 1.35 bits per heavy atom. The molecular weight excluding hydrogens is 280 g/mol. The summed E-state index contributed by atoms with van der Waals surface area (Å²) in [7, 11) is 0. The minimum absolute atomic E-state index is 0.148. The van der Waals surface area contributed by atoms with E-state index in [1.807, 2.05) is 0 Å². The lowest BCUT2D eigenvalue weighted by Gasteiger charge is -2.01. The van der Waals surface area contributed by atoms with E-state index in [0.29, 0.717) is 17.3 Å². The molecule has 0 saturated carbocycles. The number of nitrogens with one attached hydrogen (secondary N) is 1. The molecule has 1 amide bonds. The van der Waals surface area contributed by atoms with Gasteiger partial charge in [0.05, 0.1) is 19.0 Å². The third-order valence-electron chi connectivity index (χ3n) is 2.38. The SMILES string of the molecule is O=C(CO/N=C\c1ccc(Cl)cc1)NCc1ccco1. The van der Waals surface area contributed by atoms with E-state index in [-0.39, 0.29) is 12.5 Å². The summed E-state index contributed by atoms with van der Waals surface area (Å²) in [6.45, 7) is 0.181. The predicted octanol–water partition coefficient (Wildman–Crippen LogP) is 2.60. The molecule has 0 aliphatic heterocycles. The number of carbonyl (C=O) groups is 1. The molecule has 0 spiro atoms. The molecule has 2 aromatic rings. The van der Waals surface area contributed by atoms with Crippen molar-refractivity contribution < 1.29 is 14.0 Å². The topological polar surface area (TPSA) is 63.8 Å². The van der Waals surface area contributed by atoms with Crippen molar-refractivity contribution in [2.75, 3.05) is 6.61 Å². The maximum atomic E-state index is 11.4. The van der Waals surface area contributed by atoms with Gasteiger partial charge in [0, 0.05) is 5.02 Å². The first-order valence-electron chi connectivity index (χ1n) is 5.94. The molecule has 20 heavy (non-hydrogen) atoms. The molecule has 1 heterocycles. The van der Waals surface area contributed by atoms with Crippen LogP contribution in [-0.2, 0) is 16.2 Å². The van der Waals surface area contributed by atoms with Gasteiger partial charge in [0.1, 0.15) is 5.76 Å². The zero-order valence-electron chi connectivity index (χ0n) is 10.6. The van der Waals surface area contributed by atoms with E-state index in [1.165, 1.54) is 6.21 Å². The molecule has 1 aromatic heterocycles. The van der Waals surface area contributed by atoms with Crippen LogP contribution in [0.1, 0.15) is 11.3 Å². The van der Waals surface area contributed by atoms with Crippen molar-refractivity contribution in [3.63, 3.8) is 0 Å². The van der Waals surface area contributed by atoms with Crippen LogP contribution >= 0.6 is 11.6 Å². The van der Waals surface area contributed by atoms with Crippen LogP contribution in [0.15, 0.2) is 52.2 Å². The minimum atomic E-state index is -0.269. The van der Waals surface area contributed by atoms with Gasteiger partial charge >= 0.3 is 0 Å². The Labute approximate surface area is 121 Å². The summed E-state index contributed by atoms with van der Waals surface area (Å²) < 4.78 is 5.08. The van der Waals surface area contributed by atoms with Gasteiger partial charge in [-0.2, -0.15) is 0 Å². The van der Waals surface area contributed by atoms with E-state index in [4.69, 9.17) is 20.9 Å². The Kier molecular flexibility index (Phi) is 5.20. The molecule has 0 atom stereocenters. The predicted molar refractivity (Wildman–Crippen MR) is 75.6 cm³/mol. The summed E-state index contributed by atoms with van der Waals surface area (Å²) in [5.74, 6) is 0.415. The Hall–Kier alpha value is -2.27. The number of rotatable bonds is 6. The highest BCUT2D eigenvalue weighted by molar-refractivity contribution is 6.30. The first kappa shape index (κ1) is 14.1. The van der Waals surface area contributed by atoms with Crippen LogP contribution in [0.5, 0.6) is 0 Å².